The van der Waals surface area contributed by atoms with Gasteiger partial charge in [0, 0.05) is 16.8 Å². The predicted molar refractivity (Wildman–Crippen MR) is 99.7 cm³/mol. The number of aromatic amines is 1. The molecule has 0 unspecified atom stereocenters. The molecule has 26 heavy (non-hydrogen) atoms. The van der Waals surface area contributed by atoms with E-state index < -0.39 is 5.25 Å². The summed E-state index contributed by atoms with van der Waals surface area (Å²) in [5.41, 5.74) is 3.25. The van der Waals surface area contributed by atoms with E-state index in [4.69, 9.17) is 4.42 Å². The van der Waals surface area contributed by atoms with Crippen molar-refractivity contribution in [3.05, 3.63) is 52.8 Å². The van der Waals surface area contributed by atoms with Crippen molar-refractivity contribution >= 4 is 23.3 Å². The van der Waals surface area contributed by atoms with Gasteiger partial charge in [-0.15, -0.1) is 10.2 Å². The summed E-state index contributed by atoms with van der Waals surface area (Å²) >= 11 is 1.20. The largest absolute Gasteiger partial charge is 0.411 e. The lowest BCUT2D eigenvalue weighted by Crippen LogP contribution is -2.15. The zero-order chi connectivity index (χ0) is 18.8. The second kappa shape index (κ2) is 7.29. The van der Waals surface area contributed by atoms with Gasteiger partial charge in [-0.1, -0.05) is 30.0 Å². The van der Waals surface area contributed by atoms with Gasteiger partial charge in [0.1, 0.15) is 0 Å². The first-order valence-corrected chi connectivity index (χ1v) is 9.06. The van der Waals surface area contributed by atoms with Crippen LogP contribution in [0, 0.1) is 13.8 Å². The number of rotatable bonds is 6. The molecule has 0 aliphatic heterocycles. The van der Waals surface area contributed by atoms with Crippen LogP contribution in [0.3, 0.4) is 0 Å². The minimum Gasteiger partial charge on any atom is -0.411 e. The number of thioether (sulfide) groups is 1. The molecule has 0 saturated heterocycles. The van der Waals surface area contributed by atoms with Crippen LogP contribution in [-0.4, -0.2) is 32.0 Å². The maximum absolute atomic E-state index is 12.8. The van der Waals surface area contributed by atoms with E-state index in [1.165, 1.54) is 18.7 Å². The molecular formula is C19H19N3O3S. The Morgan fingerprint density at radius 1 is 1.15 bits per heavy atom. The van der Waals surface area contributed by atoms with E-state index in [1.54, 1.807) is 20.8 Å². The first-order valence-electron chi connectivity index (χ1n) is 8.18. The molecule has 0 aliphatic rings. The van der Waals surface area contributed by atoms with Crippen LogP contribution in [0.25, 0.3) is 11.5 Å². The second-order valence-corrected chi connectivity index (χ2v) is 7.34. The minimum absolute atomic E-state index is 0.0555. The van der Waals surface area contributed by atoms with E-state index in [0.717, 1.165) is 5.56 Å². The molecule has 3 rings (SSSR count). The molecule has 1 N–H and O–H groups in total. The van der Waals surface area contributed by atoms with Crippen molar-refractivity contribution in [1.82, 2.24) is 15.2 Å². The van der Waals surface area contributed by atoms with Crippen molar-refractivity contribution in [1.29, 1.82) is 0 Å². The fraction of sp³-hybridized carbons (Fsp3) is 0.263. The molecule has 1 aromatic carbocycles. The molecule has 6 nitrogen and oxygen atoms in total. The summed E-state index contributed by atoms with van der Waals surface area (Å²) in [4.78, 5) is 27.6. The lowest BCUT2D eigenvalue weighted by Gasteiger charge is -2.07. The lowest BCUT2D eigenvalue weighted by atomic mass is 10.0. The molecule has 2 aromatic heterocycles. The van der Waals surface area contributed by atoms with Crippen LogP contribution in [0.4, 0.5) is 0 Å². The number of carbonyl (C=O) groups is 2. The fourth-order valence-electron chi connectivity index (χ4n) is 2.89. The summed E-state index contributed by atoms with van der Waals surface area (Å²) in [6, 6.07) is 9.45. The summed E-state index contributed by atoms with van der Waals surface area (Å²) in [6.07, 6.45) is 0. The molecule has 2 heterocycles. The van der Waals surface area contributed by atoms with Crippen LogP contribution in [-0.2, 0) is 0 Å². The summed E-state index contributed by atoms with van der Waals surface area (Å²) in [5.74, 6) is 0.251. The van der Waals surface area contributed by atoms with Gasteiger partial charge >= 0.3 is 0 Å². The molecule has 0 bridgehead atoms. The third kappa shape index (κ3) is 3.48. The number of aryl methyl sites for hydroxylation is 1. The van der Waals surface area contributed by atoms with E-state index in [0.29, 0.717) is 33.6 Å². The zero-order valence-corrected chi connectivity index (χ0v) is 15.8. The molecule has 0 saturated carbocycles. The van der Waals surface area contributed by atoms with Crippen LogP contribution >= 0.6 is 11.8 Å². The third-order valence-corrected chi connectivity index (χ3v) is 5.04. The summed E-state index contributed by atoms with van der Waals surface area (Å²) in [7, 11) is 0. The maximum atomic E-state index is 12.8. The highest BCUT2D eigenvalue weighted by atomic mass is 32.2. The van der Waals surface area contributed by atoms with E-state index in [-0.39, 0.29) is 11.6 Å². The summed E-state index contributed by atoms with van der Waals surface area (Å²) in [6.45, 7) is 6.86. The van der Waals surface area contributed by atoms with Crippen LogP contribution in [0.5, 0.6) is 0 Å². The number of ketones is 2. The van der Waals surface area contributed by atoms with Gasteiger partial charge in [-0.3, -0.25) is 9.59 Å². The Kier molecular flexibility index (Phi) is 5.08. The molecule has 0 amide bonds. The first kappa shape index (κ1) is 18.1. The second-order valence-electron chi connectivity index (χ2n) is 6.04. The van der Waals surface area contributed by atoms with Crippen molar-refractivity contribution in [2.45, 2.75) is 38.2 Å². The summed E-state index contributed by atoms with van der Waals surface area (Å²) in [5, 5.41) is 7.94. The number of benzene rings is 1. The monoisotopic (exact) mass is 369 g/mol. The predicted octanol–water partition coefficient (Wildman–Crippen LogP) is 4.25. The number of H-pyrrole nitrogens is 1. The highest BCUT2D eigenvalue weighted by Gasteiger charge is 2.25. The third-order valence-electron chi connectivity index (χ3n) is 4.11. The SMILES string of the molecule is CC(=O)c1c(C)[nH]c(C(=O)[C@H](C)Sc2nnc(-c3ccccc3)o2)c1C. The van der Waals surface area contributed by atoms with Crippen molar-refractivity contribution in [2.75, 3.05) is 0 Å². The maximum Gasteiger partial charge on any atom is 0.277 e. The first-order chi connectivity index (χ1) is 12.4. The average molecular weight is 369 g/mol. The Bertz CT molecular complexity index is 960. The lowest BCUT2D eigenvalue weighted by molar-refractivity contribution is 0.0988. The van der Waals surface area contributed by atoms with Crippen molar-refractivity contribution in [3.63, 3.8) is 0 Å². The van der Waals surface area contributed by atoms with E-state index >= 15 is 0 Å². The minimum atomic E-state index is -0.435. The molecule has 0 aliphatic carbocycles. The van der Waals surface area contributed by atoms with Crippen molar-refractivity contribution in [3.8, 4) is 11.5 Å². The smallest absolute Gasteiger partial charge is 0.277 e. The molecule has 134 valence electrons. The molecular weight excluding hydrogens is 350 g/mol. The van der Waals surface area contributed by atoms with Crippen LogP contribution in [0.15, 0.2) is 40.0 Å². The number of carbonyl (C=O) groups excluding carboxylic acids is 2. The van der Waals surface area contributed by atoms with Gasteiger partial charge < -0.3 is 9.40 Å². The number of hydrogen-bond acceptors (Lipinski definition) is 6. The Morgan fingerprint density at radius 2 is 1.85 bits per heavy atom. The van der Waals surface area contributed by atoms with Crippen molar-refractivity contribution in [2.24, 2.45) is 0 Å². The van der Waals surface area contributed by atoms with Crippen LogP contribution in [0.2, 0.25) is 0 Å². The average Bonchev–Trinajstić information content (AvgIpc) is 3.19. The summed E-state index contributed by atoms with van der Waals surface area (Å²) < 4.78 is 5.65. The Hall–Kier alpha value is -2.67. The fourth-order valence-corrected chi connectivity index (χ4v) is 3.63. The topological polar surface area (TPSA) is 88.9 Å². The quantitative estimate of drug-likeness (QED) is 0.516. The Morgan fingerprint density at radius 3 is 2.46 bits per heavy atom. The number of nitrogens with one attached hydrogen (secondary N) is 1. The molecule has 0 spiro atoms. The van der Waals surface area contributed by atoms with Gasteiger partial charge in [0.15, 0.2) is 11.6 Å². The normalized spacial score (nSPS) is 12.2. The van der Waals surface area contributed by atoms with E-state index in [9.17, 15) is 9.59 Å². The number of aromatic nitrogens is 3. The van der Waals surface area contributed by atoms with Gasteiger partial charge in [0.05, 0.1) is 10.9 Å². The molecule has 3 aromatic rings. The number of hydrogen-bond donors (Lipinski definition) is 1. The molecule has 0 fully saturated rings. The van der Waals surface area contributed by atoms with Crippen LogP contribution < -0.4 is 0 Å². The van der Waals surface area contributed by atoms with Gasteiger partial charge in [-0.2, -0.15) is 0 Å². The van der Waals surface area contributed by atoms with Gasteiger partial charge in [0.25, 0.3) is 5.22 Å². The van der Waals surface area contributed by atoms with Crippen molar-refractivity contribution < 1.29 is 14.0 Å². The van der Waals surface area contributed by atoms with Crippen LogP contribution in [0.1, 0.15) is 46.0 Å². The number of nitrogens with zero attached hydrogens (tertiary/aromatic N) is 2. The molecule has 0 radical (unpaired) electrons. The Balaban J connectivity index is 1.78. The van der Waals surface area contributed by atoms with Gasteiger partial charge in [-0.25, -0.2) is 0 Å². The standard InChI is InChI=1S/C19H19N3O3S/c1-10-15(12(3)23)11(2)20-16(10)17(24)13(4)26-19-22-21-18(25-19)14-8-6-5-7-9-14/h5-9,13,20H,1-4H3/t13-/m0/s1. The zero-order valence-electron chi connectivity index (χ0n) is 15.0. The highest BCUT2D eigenvalue weighted by molar-refractivity contribution is 8.00. The van der Waals surface area contributed by atoms with Gasteiger partial charge in [-0.05, 0) is 45.4 Å². The Labute approximate surface area is 155 Å². The molecule has 7 heteroatoms. The van der Waals surface area contributed by atoms with E-state index in [2.05, 4.69) is 15.2 Å². The van der Waals surface area contributed by atoms with Gasteiger partial charge in [0.2, 0.25) is 5.89 Å². The number of Topliss-reactive ketones (excluding diaryl/α,β-unsaturated/α-hetero) is 2. The highest BCUT2D eigenvalue weighted by Crippen LogP contribution is 2.29. The van der Waals surface area contributed by atoms with E-state index in [1.807, 2.05) is 30.3 Å². The molecule has 1 atom stereocenters.